The zero-order valence-corrected chi connectivity index (χ0v) is 20.6. The number of ether oxygens (including phenoxy) is 1. The van der Waals surface area contributed by atoms with Gasteiger partial charge in [-0.05, 0) is 44.2 Å². The summed E-state index contributed by atoms with van der Waals surface area (Å²) in [7, 11) is 0. The van der Waals surface area contributed by atoms with Gasteiger partial charge in [0.2, 0.25) is 5.91 Å². The van der Waals surface area contributed by atoms with Gasteiger partial charge < -0.3 is 9.64 Å². The molecule has 1 saturated carbocycles. The maximum absolute atomic E-state index is 14.8. The van der Waals surface area contributed by atoms with E-state index < -0.39 is 34.4 Å². The van der Waals surface area contributed by atoms with Gasteiger partial charge in [-0.2, -0.15) is 5.26 Å². The van der Waals surface area contributed by atoms with Gasteiger partial charge >= 0.3 is 5.97 Å². The summed E-state index contributed by atoms with van der Waals surface area (Å²) < 4.78 is 34.0. The van der Waals surface area contributed by atoms with Gasteiger partial charge in [0.1, 0.15) is 0 Å². The van der Waals surface area contributed by atoms with Crippen molar-refractivity contribution in [1.29, 1.82) is 5.26 Å². The molecule has 1 amide bonds. The first-order chi connectivity index (χ1) is 17.4. The van der Waals surface area contributed by atoms with Gasteiger partial charge in [-0.3, -0.25) is 9.59 Å². The minimum Gasteiger partial charge on any atom is -0.466 e. The summed E-state index contributed by atoms with van der Waals surface area (Å²) in [5.74, 6) is -3.56. The molecule has 1 heterocycles. The van der Waals surface area contributed by atoms with Crippen molar-refractivity contribution in [1.82, 2.24) is 4.90 Å². The van der Waals surface area contributed by atoms with Gasteiger partial charge in [-0.1, -0.05) is 55.3 Å². The number of esters is 1. The molecule has 1 saturated heterocycles. The van der Waals surface area contributed by atoms with Crippen LogP contribution in [0.5, 0.6) is 0 Å². The molecule has 1 unspecified atom stereocenters. The summed E-state index contributed by atoms with van der Waals surface area (Å²) in [6.45, 7) is 2.55. The topological polar surface area (TPSA) is 70.4 Å². The molecule has 0 N–H and O–H groups in total. The molecular formula is C29H32F2N2O3. The van der Waals surface area contributed by atoms with Crippen molar-refractivity contribution in [3.63, 3.8) is 0 Å². The zero-order chi connectivity index (χ0) is 25.8. The van der Waals surface area contributed by atoms with Gasteiger partial charge in [0.15, 0.2) is 11.6 Å². The van der Waals surface area contributed by atoms with E-state index in [0.29, 0.717) is 25.9 Å². The van der Waals surface area contributed by atoms with E-state index in [2.05, 4.69) is 6.07 Å². The summed E-state index contributed by atoms with van der Waals surface area (Å²) in [4.78, 5) is 28.4. The second-order valence-corrected chi connectivity index (χ2v) is 10.00. The summed E-state index contributed by atoms with van der Waals surface area (Å²) in [5.41, 5.74) is -0.570. The summed E-state index contributed by atoms with van der Waals surface area (Å²) in [5, 5.41) is 10.1. The molecule has 36 heavy (non-hydrogen) atoms. The number of nitrogens with zero attached hydrogens (tertiary/aromatic N) is 2. The van der Waals surface area contributed by atoms with E-state index in [1.807, 2.05) is 35.2 Å². The van der Waals surface area contributed by atoms with Crippen LogP contribution < -0.4 is 0 Å². The standard InChI is InChI=1S/C29H32F2N2O3/c1-2-36-25(34)19-28(23(20-32)22-11-8-12-24(30)26(22)31)15-17-33(18-16-28)27(35)29(13-6-7-14-29)21-9-4-3-5-10-21/h3-5,8-12,23H,2,6-7,13-19H2,1H3. The van der Waals surface area contributed by atoms with Gasteiger partial charge in [0.25, 0.3) is 0 Å². The largest absolute Gasteiger partial charge is 0.466 e. The average Bonchev–Trinajstić information content (AvgIpc) is 3.39. The minimum absolute atomic E-state index is 0.0573. The molecule has 5 nitrogen and oxygen atoms in total. The second-order valence-electron chi connectivity index (χ2n) is 10.00. The van der Waals surface area contributed by atoms with Crippen molar-refractivity contribution in [3.05, 3.63) is 71.3 Å². The highest BCUT2D eigenvalue weighted by molar-refractivity contribution is 5.88. The second kappa shape index (κ2) is 10.8. The van der Waals surface area contributed by atoms with E-state index in [4.69, 9.17) is 4.74 Å². The first-order valence-electron chi connectivity index (χ1n) is 12.7. The molecule has 0 bridgehead atoms. The summed E-state index contributed by atoms with van der Waals surface area (Å²) >= 11 is 0. The van der Waals surface area contributed by atoms with Crippen LogP contribution in [-0.4, -0.2) is 36.5 Å². The quantitative estimate of drug-likeness (QED) is 0.467. The maximum Gasteiger partial charge on any atom is 0.306 e. The smallest absolute Gasteiger partial charge is 0.306 e. The van der Waals surface area contributed by atoms with E-state index in [-0.39, 0.29) is 24.5 Å². The molecule has 2 fully saturated rings. The van der Waals surface area contributed by atoms with E-state index in [1.165, 1.54) is 12.1 Å². The molecule has 1 aliphatic heterocycles. The summed E-state index contributed by atoms with van der Waals surface area (Å²) in [6, 6.07) is 15.8. The predicted molar refractivity (Wildman–Crippen MR) is 131 cm³/mol. The van der Waals surface area contributed by atoms with Gasteiger partial charge in [0.05, 0.1) is 30.4 Å². The monoisotopic (exact) mass is 494 g/mol. The number of amides is 1. The molecule has 2 aromatic rings. The Morgan fingerprint density at radius 3 is 2.31 bits per heavy atom. The lowest BCUT2D eigenvalue weighted by Gasteiger charge is -2.46. The van der Waals surface area contributed by atoms with Crippen molar-refractivity contribution in [3.8, 4) is 6.07 Å². The number of carbonyl (C=O) groups excluding carboxylic acids is 2. The summed E-state index contributed by atoms with van der Waals surface area (Å²) in [6.07, 6.45) is 4.08. The molecule has 0 spiro atoms. The van der Waals surface area contributed by atoms with Gasteiger partial charge in [-0.15, -0.1) is 0 Å². The SMILES string of the molecule is CCOC(=O)CC1(C(C#N)c2cccc(F)c2F)CCN(C(=O)C2(c3ccccc3)CCCC2)CC1. The van der Waals surface area contributed by atoms with Gasteiger partial charge in [0, 0.05) is 24.1 Å². The van der Waals surface area contributed by atoms with Crippen LogP contribution >= 0.6 is 0 Å². The van der Waals surface area contributed by atoms with E-state index >= 15 is 0 Å². The number of likely N-dealkylation sites (tertiary alicyclic amines) is 1. The third-order valence-electron chi connectivity index (χ3n) is 8.07. The Hall–Kier alpha value is -3.27. The van der Waals surface area contributed by atoms with Crippen LogP contribution in [0.1, 0.15) is 68.9 Å². The Labute approximate surface area is 211 Å². The number of hydrogen-bond donors (Lipinski definition) is 0. The maximum atomic E-state index is 14.8. The number of rotatable bonds is 7. The fraction of sp³-hybridized carbons (Fsp3) is 0.483. The molecule has 0 aromatic heterocycles. The number of benzene rings is 2. The molecule has 190 valence electrons. The molecule has 1 aliphatic carbocycles. The van der Waals surface area contributed by atoms with Crippen molar-refractivity contribution in [2.45, 2.75) is 63.2 Å². The van der Waals surface area contributed by atoms with Crippen LogP contribution in [0.15, 0.2) is 48.5 Å². The van der Waals surface area contributed by atoms with E-state index in [9.17, 15) is 23.6 Å². The lowest BCUT2D eigenvalue weighted by atomic mass is 9.64. The third-order valence-corrected chi connectivity index (χ3v) is 8.07. The molecule has 2 aliphatic rings. The highest BCUT2D eigenvalue weighted by atomic mass is 19.2. The van der Waals surface area contributed by atoms with Crippen LogP contribution in [0.2, 0.25) is 0 Å². The van der Waals surface area contributed by atoms with Crippen LogP contribution in [0.25, 0.3) is 0 Å². The van der Waals surface area contributed by atoms with Crippen molar-refractivity contribution in [2.24, 2.45) is 5.41 Å². The van der Waals surface area contributed by atoms with Crippen LogP contribution in [-0.2, 0) is 19.7 Å². The minimum atomic E-state index is -1.07. The molecule has 4 rings (SSSR count). The van der Waals surface area contributed by atoms with Gasteiger partial charge in [-0.25, -0.2) is 8.78 Å². The Morgan fingerprint density at radius 1 is 1.03 bits per heavy atom. The average molecular weight is 495 g/mol. The van der Waals surface area contributed by atoms with E-state index in [1.54, 1.807) is 6.92 Å². The lowest BCUT2D eigenvalue weighted by Crippen LogP contribution is -2.52. The Morgan fingerprint density at radius 2 is 1.69 bits per heavy atom. The fourth-order valence-corrected chi connectivity index (χ4v) is 6.17. The molecule has 1 atom stereocenters. The molecule has 0 radical (unpaired) electrons. The Balaban J connectivity index is 1.63. The number of halogens is 2. The predicted octanol–water partition coefficient (Wildman–Crippen LogP) is 5.65. The number of piperidine rings is 1. The lowest BCUT2D eigenvalue weighted by molar-refractivity contribution is -0.148. The van der Waals surface area contributed by atoms with Crippen molar-refractivity contribution < 1.29 is 23.1 Å². The Bertz CT molecular complexity index is 1130. The molecular weight excluding hydrogens is 462 g/mol. The van der Waals surface area contributed by atoms with E-state index in [0.717, 1.165) is 37.3 Å². The first kappa shape index (κ1) is 25.8. The van der Waals surface area contributed by atoms with Crippen LogP contribution in [0, 0.1) is 28.4 Å². The number of nitriles is 1. The highest BCUT2D eigenvalue weighted by Crippen LogP contribution is 2.50. The van der Waals surface area contributed by atoms with Crippen molar-refractivity contribution in [2.75, 3.05) is 19.7 Å². The molecule has 7 heteroatoms. The number of hydrogen-bond acceptors (Lipinski definition) is 4. The highest BCUT2D eigenvalue weighted by Gasteiger charge is 2.50. The van der Waals surface area contributed by atoms with Crippen LogP contribution in [0.3, 0.4) is 0 Å². The first-order valence-corrected chi connectivity index (χ1v) is 12.7. The third kappa shape index (κ3) is 4.74. The zero-order valence-electron chi connectivity index (χ0n) is 20.6. The normalized spacial score (nSPS) is 19.3. The van der Waals surface area contributed by atoms with Crippen LogP contribution in [0.4, 0.5) is 8.78 Å². The molecule has 2 aromatic carbocycles. The Kier molecular flexibility index (Phi) is 7.73. The van der Waals surface area contributed by atoms with Crippen molar-refractivity contribution >= 4 is 11.9 Å². The fourth-order valence-electron chi connectivity index (χ4n) is 6.17. The number of carbonyl (C=O) groups is 2.